The molecule has 0 radical (unpaired) electrons. The second-order valence-electron chi connectivity index (χ2n) is 1.70. The van der Waals surface area contributed by atoms with Crippen LogP contribution in [0.5, 0.6) is 0 Å². The molecule has 0 saturated heterocycles. The first-order valence-corrected chi connectivity index (χ1v) is 3.62. The molecule has 0 aromatic carbocycles. The van der Waals surface area contributed by atoms with Gasteiger partial charge < -0.3 is 15.5 Å². The lowest BCUT2D eigenvalue weighted by molar-refractivity contribution is 0.0548. The Balaban J connectivity index is 0. The maximum Gasteiger partial charge on any atom is 0.167 e. The van der Waals surface area contributed by atoms with Crippen LogP contribution in [0.25, 0.3) is 0 Å². The van der Waals surface area contributed by atoms with Crippen LogP contribution in [0.15, 0.2) is 0 Å². The van der Waals surface area contributed by atoms with Crippen LogP contribution in [0.1, 0.15) is 13.8 Å². The highest BCUT2D eigenvalue weighted by Crippen LogP contribution is 1.87. The number of nitrogens with one attached hydrogen (secondary N) is 1. The van der Waals surface area contributed by atoms with Gasteiger partial charge in [0, 0.05) is 6.54 Å². The molecule has 0 spiro atoms. The molecule has 4 nitrogen and oxygen atoms in total. The predicted molar refractivity (Wildman–Crippen MR) is 42.9 cm³/mol. The topological polar surface area (TPSA) is 76.3 Å². The summed E-state index contributed by atoms with van der Waals surface area (Å²) in [5.41, 5.74) is 0. The van der Waals surface area contributed by atoms with Gasteiger partial charge in [0.1, 0.15) is 6.10 Å². The first kappa shape index (κ1) is 13.0. The average Bonchev–Trinajstić information content (AvgIpc) is 2.07. The molecule has 2 unspecified atom stereocenters. The van der Waals surface area contributed by atoms with E-state index in [0.717, 1.165) is 0 Å². The van der Waals surface area contributed by atoms with Gasteiger partial charge in [0.25, 0.3) is 0 Å². The number of aliphatic hydroxyl groups is 2. The Bertz CT molecular complexity index is 111. The van der Waals surface area contributed by atoms with Gasteiger partial charge in [-0.3, -0.25) is 0 Å². The highest BCUT2D eigenvalue weighted by molar-refractivity contribution is 4.88. The molecule has 0 amide bonds. The van der Waals surface area contributed by atoms with Crippen molar-refractivity contribution in [1.82, 2.24) is 5.32 Å². The summed E-state index contributed by atoms with van der Waals surface area (Å²) < 4.78 is 0. The molecular formula is C7H16N2O2. The van der Waals surface area contributed by atoms with Gasteiger partial charge in [-0.2, -0.15) is 5.26 Å². The second-order valence-corrected chi connectivity index (χ2v) is 1.70. The van der Waals surface area contributed by atoms with Crippen molar-refractivity contribution in [2.75, 3.05) is 13.6 Å². The molecule has 0 rings (SSSR count). The zero-order valence-corrected chi connectivity index (χ0v) is 7.20. The SMILES string of the molecule is CC.CNCC(O)C(O)C#N. The van der Waals surface area contributed by atoms with Crippen molar-refractivity contribution in [3.05, 3.63) is 0 Å². The predicted octanol–water partition coefficient (Wildman–Crippen LogP) is -0.523. The standard InChI is InChI=1S/C5H10N2O2.C2H6/c1-7-3-5(9)4(8)2-6;1-2/h4-5,7-9H,3H2,1H3;1-2H3. The van der Waals surface area contributed by atoms with Crippen molar-refractivity contribution in [2.45, 2.75) is 26.1 Å². The third-order valence-corrected chi connectivity index (χ3v) is 0.910. The van der Waals surface area contributed by atoms with E-state index in [2.05, 4.69) is 5.32 Å². The second kappa shape index (κ2) is 9.37. The Morgan fingerprint density at radius 2 is 1.91 bits per heavy atom. The van der Waals surface area contributed by atoms with Gasteiger partial charge in [-0.1, -0.05) is 13.8 Å². The van der Waals surface area contributed by atoms with Crippen LogP contribution in [-0.4, -0.2) is 36.0 Å². The minimum absolute atomic E-state index is 0.231. The van der Waals surface area contributed by atoms with Crippen LogP contribution >= 0.6 is 0 Å². The minimum atomic E-state index is -1.28. The first-order valence-electron chi connectivity index (χ1n) is 3.62. The van der Waals surface area contributed by atoms with E-state index in [9.17, 15) is 0 Å². The molecule has 0 aliphatic carbocycles. The number of hydrogen-bond donors (Lipinski definition) is 3. The van der Waals surface area contributed by atoms with E-state index in [0.29, 0.717) is 0 Å². The van der Waals surface area contributed by atoms with Crippen molar-refractivity contribution in [3.63, 3.8) is 0 Å². The molecule has 0 bridgehead atoms. The van der Waals surface area contributed by atoms with Crippen molar-refractivity contribution in [2.24, 2.45) is 0 Å². The van der Waals surface area contributed by atoms with E-state index < -0.39 is 12.2 Å². The molecule has 0 aliphatic rings. The summed E-state index contributed by atoms with van der Waals surface area (Å²) >= 11 is 0. The van der Waals surface area contributed by atoms with Crippen LogP contribution in [0.2, 0.25) is 0 Å². The maximum atomic E-state index is 8.78. The maximum absolute atomic E-state index is 8.78. The molecule has 0 saturated carbocycles. The Morgan fingerprint density at radius 1 is 1.45 bits per heavy atom. The van der Waals surface area contributed by atoms with E-state index >= 15 is 0 Å². The average molecular weight is 160 g/mol. The molecule has 0 aliphatic heterocycles. The lowest BCUT2D eigenvalue weighted by Crippen LogP contribution is -2.33. The van der Waals surface area contributed by atoms with Crippen LogP contribution in [-0.2, 0) is 0 Å². The molecule has 0 heterocycles. The molecule has 3 N–H and O–H groups in total. The van der Waals surface area contributed by atoms with Gasteiger partial charge in [-0.25, -0.2) is 0 Å². The van der Waals surface area contributed by atoms with Crippen molar-refractivity contribution in [1.29, 1.82) is 5.26 Å². The monoisotopic (exact) mass is 160 g/mol. The van der Waals surface area contributed by atoms with Gasteiger partial charge in [0.05, 0.1) is 6.07 Å². The number of nitrogens with zero attached hydrogens (tertiary/aromatic N) is 1. The van der Waals surface area contributed by atoms with Gasteiger partial charge in [-0.15, -0.1) is 0 Å². The van der Waals surface area contributed by atoms with E-state index in [1.807, 2.05) is 13.8 Å². The zero-order valence-electron chi connectivity index (χ0n) is 7.20. The van der Waals surface area contributed by atoms with E-state index in [1.54, 1.807) is 7.05 Å². The summed E-state index contributed by atoms with van der Waals surface area (Å²) in [4.78, 5) is 0. The number of nitriles is 1. The van der Waals surface area contributed by atoms with Crippen LogP contribution in [0.4, 0.5) is 0 Å². The number of likely N-dealkylation sites (N-methyl/N-ethyl adjacent to an activating group) is 1. The molecule has 4 heteroatoms. The Hall–Kier alpha value is -0.630. The minimum Gasteiger partial charge on any atom is -0.388 e. The van der Waals surface area contributed by atoms with E-state index in [-0.39, 0.29) is 6.54 Å². The highest BCUT2D eigenvalue weighted by Gasteiger charge is 2.12. The normalized spacial score (nSPS) is 13.8. The summed E-state index contributed by atoms with van der Waals surface area (Å²) in [6.45, 7) is 4.23. The summed E-state index contributed by atoms with van der Waals surface area (Å²) in [5, 5.41) is 28.1. The molecule has 66 valence electrons. The Kier molecular flexibility index (Phi) is 11.1. The van der Waals surface area contributed by atoms with Gasteiger partial charge >= 0.3 is 0 Å². The Morgan fingerprint density at radius 3 is 2.18 bits per heavy atom. The fraction of sp³-hybridized carbons (Fsp3) is 0.857. The van der Waals surface area contributed by atoms with Crippen LogP contribution in [0.3, 0.4) is 0 Å². The first-order chi connectivity index (χ1) is 5.22. The smallest absolute Gasteiger partial charge is 0.167 e. The number of aliphatic hydroxyl groups excluding tert-OH is 2. The molecule has 11 heavy (non-hydrogen) atoms. The summed E-state index contributed by atoms with van der Waals surface area (Å²) in [6.07, 6.45) is -2.27. The van der Waals surface area contributed by atoms with Crippen LogP contribution < -0.4 is 5.32 Å². The number of hydrogen-bond acceptors (Lipinski definition) is 4. The van der Waals surface area contributed by atoms with Gasteiger partial charge in [-0.05, 0) is 7.05 Å². The van der Waals surface area contributed by atoms with Crippen LogP contribution in [0, 0.1) is 11.3 Å². The van der Waals surface area contributed by atoms with Gasteiger partial charge in [0.15, 0.2) is 6.10 Å². The van der Waals surface area contributed by atoms with Crippen molar-refractivity contribution in [3.8, 4) is 6.07 Å². The highest BCUT2D eigenvalue weighted by atomic mass is 16.3. The third-order valence-electron chi connectivity index (χ3n) is 0.910. The Labute approximate surface area is 67.5 Å². The molecule has 2 atom stereocenters. The summed E-state index contributed by atoms with van der Waals surface area (Å²) in [7, 11) is 1.63. The quantitative estimate of drug-likeness (QED) is 0.485. The molecule has 0 aromatic rings. The third kappa shape index (κ3) is 7.26. The largest absolute Gasteiger partial charge is 0.388 e. The lowest BCUT2D eigenvalue weighted by Gasteiger charge is -2.09. The zero-order chi connectivity index (χ0) is 9.28. The van der Waals surface area contributed by atoms with Gasteiger partial charge in [0.2, 0.25) is 0 Å². The fourth-order valence-electron chi connectivity index (χ4n) is 0.407. The molecular weight excluding hydrogens is 144 g/mol. The van der Waals surface area contributed by atoms with E-state index in [4.69, 9.17) is 15.5 Å². The lowest BCUT2D eigenvalue weighted by atomic mass is 10.2. The number of rotatable bonds is 3. The van der Waals surface area contributed by atoms with E-state index in [1.165, 1.54) is 6.07 Å². The fourth-order valence-corrected chi connectivity index (χ4v) is 0.407. The van der Waals surface area contributed by atoms with Crippen molar-refractivity contribution < 1.29 is 10.2 Å². The van der Waals surface area contributed by atoms with Crippen molar-refractivity contribution >= 4 is 0 Å². The summed E-state index contributed by atoms with van der Waals surface area (Å²) in [6, 6.07) is 1.52. The summed E-state index contributed by atoms with van der Waals surface area (Å²) in [5.74, 6) is 0. The molecule has 0 aromatic heterocycles. The molecule has 0 fully saturated rings.